The number of allylic oxidation sites excluding steroid dienone is 1. The van der Waals surface area contributed by atoms with Crippen LogP contribution in [0.5, 0.6) is 5.75 Å². The van der Waals surface area contributed by atoms with Crippen molar-refractivity contribution >= 4 is 17.8 Å². The van der Waals surface area contributed by atoms with Gasteiger partial charge in [0.2, 0.25) is 0 Å². The summed E-state index contributed by atoms with van der Waals surface area (Å²) in [7, 11) is 0. The van der Waals surface area contributed by atoms with Gasteiger partial charge in [-0.15, -0.1) is 0 Å². The van der Waals surface area contributed by atoms with Crippen LogP contribution in [0.4, 0.5) is 0 Å². The number of rotatable bonds is 10. The molecule has 0 saturated heterocycles. The van der Waals surface area contributed by atoms with Gasteiger partial charge in [0, 0.05) is 0 Å². The molecule has 0 aliphatic carbocycles. The van der Waals surface area contributed by atoms with Gasteiger partial charge in [0.05, 0.1) is 31.0 Å². The molecule has 6 nitrogen and oxygen atoms in total. The van der Waals surface area contributed by atoms with E-state index in [1.165, 1.54) is 17.2 Å². The molecule has 1 N–H and O–H groups in total. The quantitative estimate of drug-likeness (QED) is 0.373. The Labute approximate surface area is 205 Å². The standard InChI is InChI=1S/C29H29NO5/c1-20(2)15-17-35-23-11-6-10-22(18-23)27-26(25(31)14-13-21-8-4-3-5-9-21)28(32)29(33)30(27)19-24-12-7-16-34-24/h3-14,16,18,20,27,32H,15,17,19H2,1-2H3. The molecule has 0 radical (unpaired) electrons. The highest BCUT2D eigenvalue weighted by molar-refractivity contribution is 6.14. The normalized spacial score (nSPS) is 16.0. The van der Waals surface area contributed by atoms with E-state index in [1.54, 1.807) is 18.2 Å². The van der Waals surface area contributed by atoms with E-state index >= 15 is 0 Å². The van der Waals surface area contributed by atoms with Crippen LogP contribution in [0, 0.1) is 5.92 Å². The Balaban J connectivity index is 1.67. The molecule has 180 valence electrons. The van der Waals surface area contributed by atoms with Crippen molar-refractivity contribution in [2.75, 3.05) is 6.61 Å². The molecule has 0 bridgehead atoms. The third-order valence-electron chi connectivity index (χ3n) is 5.84. The summed E-state index contributed by atoms with van der Waals surface area (Å²) in [6.07, 6.45) is 5.49. The topological polar surface area (TPSA) is 80.0 Å². The zero-order valence-corrected chi connectivity index (χ0v) is 19.9. The number of amides is 1. The highest BCUT2D eigenvalue weighted by atomic mass is 16.5. The first kappa shape index (κ1) is 24.1. The number of benzene rings is 2. The van der Waals surface area contributed by atoms with Crippen molar-refractivity contribution in [3.8, 4) is 5.75 Å². The van der Waals surface area contributed by atoms with E-state index in [-0.39, 0.29) is 12.1 Å². The fourth-order valence-electron chi connectivity index (χ4n) is 4.00. The summed E-state index contributed by atoms with van der Waals surface area (Å²) in [6, 6.07) is 19.4. The van der Waals surface area contributed by atoms with Crippen LogP contribution in [-0.4, -0.2) is 28.3 Å². The lowest BCUT2D eigenvalue weighted by Crippen LogP contribution is -2.30. The number of aliphatic hydroxyl groups is 1. The third-order valence-corrected chi connectivity index (χ3v) is 5.84. The number of nitrogens with zero attached hydrogens (tertiary/aromatic N) is 1. The molecule has 0 fully saturated rings. The Bertz CT molecular complexity index is 1220. The van der Waals surface area contributed by atoms with Gasteiger partial charge in [0.1, 0.15) is 11.5 Å². The first-order chi connectivity index (χ1) is 16.9. The van der Waals surface area contributed by atoms with Gasteiger partial charge in [-0.2, -0.15) is 0 Å². The highest BCUT2D eigenvalue weighted by Gasteiger charge is 2.43. The van der Waals surface area contributed by atoms with Crippen LogP contribution in [0.1, 0.15) is 43.2 Å². The summed E-state index contributed by atoms with van der Waals surface area (Å²) >= 11 is 0. The molecule has 6 heteroatoms. The van der Waals surface area contributed by atoms with Crippen molar-refractivity contribution < 1.29 is 23.8 Å². The van der Waals surface area contributed by atoms with Gasteiger partial charge < -0.3 is 19.2 Å². The SMILES string of the molecule is CC(C)CCOc1cccc(C2C(C(=O)C=Cc3ccccc3)=C(O)C(=O)N2Cc2ccco2)c1. The lowest BCUT2D eigenvalue weighted by atomic mass is 9.95. The molecule has 4 rings (SSSR count). The maximum absolute atomic E-state index is 13.3. The zero-order chi connectivity index (χ0) is 24.8. The van der Waals surface area contributed by atoms with E-state index in [0.29, 0.717) is 29.6 Å². The van der Waals surface area contributed by atoms with Crippen molar-refractivity contribution in [2.45, 2.75) is 32.9 Å². The molecular weight excluding hydrogens is 442 g/mol. The lowest BCUT2D eigenvalue weighted by molar-refractivity contribution is -0.130. The summed E-state index contributed by atoms with van der Waals surface area (Å²) < 4.78 is 11.4. The van der Waals surface area contributed by atoms with Gasteiger partial charge in [-0.3, -0.25) is 9.59 Å². The third kappa shape index (κ3) is 5.72. The minimum Gasteiger partial charge on any atom is -0.503 e. The van der Waals surface area contributed by atoms with Crippen molar-refractivity contribution in [3.05, 3.63) is 107 Å². The molecule has 2 aromatic carbocycles. The number of aliphatic hydroxyl groups excluding tert-OH is 1. The molecule has 1 atom stereocenters. The van der Waals surface area contributed by atoms with Crippen LogP contribution in [-0.2, 0) is 16.1 Å². The van der Waals surface area contributed by atoms with Gasteiger partial charge in [-0.25, -0.2) is 0 Å². The molecule has 1 aliphatic rings. The van der Waals surface area contributed by atoms with Crippen LogP contribution in [0.3, 0.4) is 0 Å². The van der Waals surface area contributed by atoms with Crippen molar-refractivity contribution in [3.63, 3.8) is 0 Å². The van der Waals surface area contributed by atoms with E-state index in [9.17, 15) is 14.7 Å². The Hall–Kier alpha value is -4.06. The van der Waals surface area contributed by atoms with Crippen LogP contribution in [0.2, 0.25) is 0 Å². The summed E-state index contributed by atoms with van der Waals surface area (Å²) in [5.41, 5.74) is 1.55. The number of ether oxygens (including phenoxy) is 1. The van der Waals surface area contributed by atoms with E-state index < -0.39 is 23.5 Å². The van der Waals surface area contributed by atoms with Gasteiger partial charge in [-0.1, -0.05) is 62.4 Å². The lowest BCUT2D eigenvalue weighted by Gasteiger charge is -2.26. The second-order valence-corrected chi connectivity index (χ2v) is 8.89. The largest absolute Gasteiger partial charge is 0.503 e. The fourth-order valence-corrected chi connectivity index (χ4v) is 4.00. The number of carbonyl (C=O) groups is 2. The average molecular weight is 472 g/mol. The van der Waals surface area contributed by atoms with Crippen LogP contribution in [0.15, 0.2) is 94.8 Å². The van der Waals surface area contributed by atoms with Gasteiger partial charge >= 0.3 is 0 Å². The Morgan fingerprint density at radius 3 is 2.63 bits per heavy atom. The molecule has 1 amide bonds. The number of hydrogen-bond acceptors (Lipinski definition) is 5. The minimum absolute atomic E-state index is 0.0352. The Kier molecular flexibility index (Phi) is 7.51. The second kappa shape index (κ2) is 10.9. The monoisotopic (exact) mass is 471 g/mol. The zero-order valence-electron chi connectivity index (χ0n) is 19.9. The van der Waals surface area contributed by atoms with Gasteiger partial charge in [0.15, 0.2) is 11.5 Å². The van der Waals surface area contributed by atoms with Gasteiger partial charge in [-0.05, 0) is 53.8 Å². The number of ketones is 1. The number of furan rings is 1. The molecule has 3 aromatic rings. The van der Waals surface area contributed by atoms with E-state index in [1.807, 2.05) is 54.6 Å². The fraction of sp³-hybridized carbons (Fsp3) is 0.241. The maximum atomic E-state index is 13.3. The molecule has 35 heavy (non-hydrogen) atoms. The van der Waals surface area contributed by atoms with Crippen LogP contribution in [0.25, 0.3) is 6.08 Å². The molecule has 1 aromatic heterocycles. The molecule has 0 spiro atoms. The minimum atomic E-state index is -0.783. The molecular formula is C29H29NO5. The summed E-state index contributed by atoms with van der Waals surface area (Å²) in [4.78, 5) is 27.9. The van der Waals surface area contributed by atoms with Crippen molar-refractivity contribution in [1.82, 2.24) is 4.90 Å². The summed E-state index contributed by atoms with van der Waals surface area (Å²) in [5, 5.41) is 10.8. The van der Waals surface area contributed by atoms with E-state index in [4.69, 9.17) is 9.15 Å². The maximum Gasteiger partial charge on any atom is 0.290 e. The predicted octanol–water partition coefficient (Wildman–Crippen LogP) is 5.88. The first-order valence-corrected chi connectivity index (χ1v) is 11.7. The number of carbonyl (C=O) groups excluding carboxylic acids is 2. The predicted molar refractivity (Wildman–Crippen MR) is 134 cm³/mol. The van der Waals surface area contributed by atoms with E-state index in [0.717, 1.165) is 12.0 Å². The number of hydrogen-bond donors (Lipinski definition) is 1. The first-order valence-electron chi connectivity index (χ1n) is 11.7. The molecule has 1 unspecified atom stereocenters. The molecule has 0 saturated carbocycles. The van der Waals surface area contributed by atoms with E-state index in [2.05, 4.69) is 13.8 Å². The second-order valence-electron chi connectivity index (χ2n) is 8.89. The summed E-state index contributed by atoms with van der Waals surface area (Å²) in [6.45, 7) is 4.93. The molecule has 1 aliphatic heterocycles. The highest BCUT2D eigenvalue weighted by Crippen LogP contribution is 2.40. The van der Waals surface area contributed by atoms with Crippen molar-refractivity contribution in [2.24, 2.45) is 5.92 Å². The van der Waals surface area contributed by atoms with Crippen LogP contribution < -0.4 is 4.74 Å². The van der Waals surface area contributed by atoms with Crippen LogP contribution >= 0.6 is 0 Å². The average Bonchev–Trinajstić information content (AvgIpc) is 3.45. The molecule has 2 heterocycles. The summed E-state index contributed by atoms with van der Waals surface area (Å²) in [5.74, 6) is 0.109. The smallest absolute Gasteiger partial charge is 0.290 e. The Morgan fingerprint density at radius 2 is 1.91 bits per heavy atom. The van der Waals surface area contributed by atoms with Crippen molar-refractivity contribution in [1.29, 1.82) is 0 Å². The Morgan fingerprint density at radius 1 is 1.11 bits per heavy atom. The van der Waals surface area contributed by atoms with Gasteiger partial charge in [0.25, 0.3) is 5.91 Å².